The van der Waals surface area contributed by atoms with Gasteiger partial charge in [-0.05, 0) is 38.5 Å². The minimum absolute atomic E-state index is 0.329. The molecule has 0 atom stereocenters. The van der Waals surface area contributed by atoms with Crippen molar-refractivity contribution in [2.75, 3.05) is 5.75 Å². The van der Waals surface area contributed by atoms with Gasteiger partial charge < -0.3 is 0 Å². The number of nitriles is 1. The van der Waals surface area contributed by atoms with E-state index in [2.05, 4.69) is 6.07 Å². The van der Waals surface area contributed by atoms with Crippen molar-refractivity contribution >= 4 is 28.2 Å². The molecular weight excluding hydrogens is 198 g/mol. The van der Waals surface area contributed by atoms with Gasteiger partial charge in [-0.25, -0.2) is 0 Å². The van der Waals surface area contributed by atoms with E-state index in [0.717, 1.165) is 28.7 Å². The Labute approximate surface area is 89.9 Å². The summed E-state index contributed by atoms with van der Waals surface area (Å²) in [4.78, 5) is 0. The lowest BCUT2D eigenvalue weighted by Crippen LogP contribution is -2.15. The van der Waals surface area contributed by atoms with Crippen molar-refractivity contribution in [3.05, 3.63) is 0 Å². The summed E-state index contributed by atoms with van der Waals surface area (Å²) < 4.78 is 1.04. The van der Waals surface area contributed by atoms with Gasteiger partial charge in [-0.1, -0.05) is 12.2 Å². The second-order valence-electron chi connectivity index (χ2n) is 3.65. The van der Waals surface area contributed by atoms with Crippen LogP contribution in [0.4, 0.5) is 0 Å². The molecule has 1 rings (SSSR count). The Morgan fingerprint density at radius 1 is 1.46 bits per heavy atom. The van der Waals surface area contributed by atoms with Crippen molar-refractivity contribution in [1.82, 2.24) is 0 Å². The molecule has 0 amide bonds. The zero-order chi connectivity index (χ0) is 9.68. The van der Waals surface area contributed by atoms with Crippen LogP contribution in [0.15, 0.2) is 0 Å². The van der Waals surface area contributed by atoms with Crippen molar-refractivity contribution in [1.29, 1.82) is 5.26 Å². The lowest BCUT2D eigenvalue weighted by atomic mass is 9.84. The summed E-state index contributed by atoms with van der Waals surface area (Å²) in [5.74, 6) is 2.29. The monoisotopic (exact) mass is 213 g/mol. The molecule has 1 aliphatic carbocycles. The van der Waals surface area contributed by atoms with Gasteiger partial charge in [-0.15, -0.1) is 11.8 Å². The summed E-state index contributed by atoms with van der Waals surface area (Å²) in [6.07, 6.45) is 4.62. The summed E-state index contributed by atoms with van der Waals surface area (Å²) >= 11 is 6.82. The molecule has 3 heteroatoms. The number of nitrogens with zero attached hydrogens (tertiary/aromatic N) is 1. The van der Waals surface area contributed by atoms with Gasteiger partial charge in [-0.2, -0.15) is 5.26 Å². The summed E-state index contributed by atoms with van der Waals surface area (Å²) in [6.45, 7) is 1.99. The first-order chi connectivity index (χ1) is 6.22. The molecule has 1 nitrogen and oxygen atoms in total. The first-order valence-corrected chi connectivity index (χ1v) is 6.14. The number of hydrogen-bond donors (Lipinski definition) is 0. The second-order valence-corrected chi connectivity index (χ2v) is 5.75. The van der Waals surface area contributed by atoms with Crippen LogP contribution in [0.3, 0.4) is 0 Å². The summed E-state index contributed by atoms with van der Waals surface area (Å²) in [5, 5.41) is 8.72. The van der Waals surface area contributed by atoms with Gasteiger partial charge in [0.1, 0.15) is 0 Å². The van der Waals surface area contributed by atoms with E-state index >= 15 is 0 Å². The SMILES string of the molecule is CC(=S)SCC1CCC(C#N)CC1. The minimum Gasteiger partial charge on any atom is -0.198 e. The van der Waals surface area contributed by atoms with Crippen molar-refractivity contribution in [2.24, 2.45) is 11.8 Å². The lowest BCUT2D eigenvalue weighted by molar-refractivity contribution is 0.340. The van der Waals surface area contributed by atoms with Gasteiger partial charge in [0.25, 0.3) is 0 Å². The molecule has 0 unspecified atom stereocenters. The van der Waals surface area contributed by atoms with Crippen LogP contribution in [-0.2, 0) is 0 Å². The Kier molecular flexibility index (Phi) is 4.76. The normalized spacial score (nSPS) is 28.0. The van der Waals surface area contributed by atoms with E-state index < -0.39 is 0 Å². The Morgan fingerprint density at radius 2 is 2.08 bits per heavy atom. The molecule has 1 saturated carbocycles. The molecular formula is C10H15NS2. The molecule has 0 aromatic heterocycles. The largest absolute Gasteiger partial charge is 0.198 e. The maximum atomic E-state index is 8.72. The maximum absolute atomic E-state index is 8.72. The molecule has 0 saturated heterocycles. The fraction of sp³-hybridized carbons (Fsp3) is 0.800. The van der Waals surface area contributed by atoms with Crippen molar-refractivity contribution in [2.45, 2.75) is 32.6 Å². The van der Waals surface area contributed by atoms with Crippen LogP contribution in [0.25, 0.3) is 0 Å². The van der Waals surface area contributed by atoms with Gasteiger partial charge in [0.05, 0.1) is 6.07 Å². The van der Waals surface area contributed by atoms with Crippen LogP contribution >= 0.6 is 24.0 Å². The first-order valence-electron chi connectivity index (χ1n) is 4.75. The highest BCUT2D eigenvalue weighted by atomic mass is 32.2. The Hall–Kier alpha value is -0.0700. The Bertz CT molecular complexity index is 211. The van der Waals surface area contributed by atoms with E-state index in [1.807, 2.05) is 6.92 Å². The van der Waals surface area contributed by atoms with Crippen LogP contribution < -0.4 is 0 Å². The number of thioether (sulfide) groups is 1. The van der Waals surface area contributed by atoms with Crippen LogP contribution in [0.2, 0.25) is 0 Å². The minimum atomic E-state index is 0.329. The van der Waals surface area contributed by atoms with Gasteiger partial charge in [0.15, 0.2) is 0 Å². The van der Waals surface area contributed by atoms with E-state index in [-0.39, 0.29) is 0 Å². The third-order valence-corrected chi connectivity index (χ3v) is 3.95. The van der Waals surface area contributed by atoms with Crippen LogP contribution in [0, 0.1) is 23.2 Å². The fourth-order valence-electron chi connectivity index (χ4n) is 1.69. The highest BCUT2D eigenvalue weighted by Crippen LogP contribution is 2.30. The van der Waals surface area contributed by atoms with E-state index in [9.17, 15) is 0 Å². The number of rotatable bonds is 2. The molecule has 13 heavy (non-hydrogen) atoms. The van der Waals surface area contributed by atoms with Gasteiger partial charge in [0.2, 0.25) is 0 Å². The van der Waals surface area contributed by atoms with Crippen molar-refractivity contribution in [3.8, 4) is 6.07 Å². The molecule has 0 N–H and O–H groups in total. The Balaban J connectivity index is 2.18. The molecule has 0 radical (unpaired) electrons. The van der Waals surface area contributed by atoms with Gasteiger partial charge >= 0.3 is 0 Å². The zero-order valence-electron chi connectivity index (χ0n) is 7.95. The molecule has 0 heterocycles. The number of hydrogen-bond acceptors (Lipinski definition) is 3. The first kappa shape index (κ1) is 11.0. The average Bonchev–Trinajstić information content (AvgIpc) is 2.15. The third kappa shape index (κ3) is 4.10. The standard InChI is InChI=1S/C10H15NS2/c1-8(12)13-7-10-4-2-9(6-11)3-5-10/h9-10H,2-5,7H2,1H3. The fourth-order valence-corrected chi connectivity index (χ4v) is 2.70. The predicted molar refractivity (Wildman–Crippen MR) is 61.8 cm³/mol. The molecule has 0 aromatic rings. The predicted octanol–water partition coefficient (Wildman–Crippen LogP) is 3.40. The number of thiocarbonyl (C=S) groups is 1. The maximum Gasteiger partial charge on any atom is 0.0655 e. The molecule has 1 fully saturated rings. The zero-order valence-corrected chi connectivity index (χ0v) is 9.59. The van der Waals surface area contributed by atoms with E-state index in [4.69, 9.17) is 17.5 Å². The lowest BCUT2D eigenvalue weighted by Gasteiger charge is -2.24. The highest BCUT2D eigenvalue weighted by Gasteiger charge is 2.20. The van der Waals surface area contributed by atoms with Crippen molar-refractivity contribution in [3.63, 3.8) is 0 Å². The van der Waals surface area contributed by atoms with Crippen LogP contribution in [-0.4, -0.2) is 9.95 Å². The quantitative estimate of drug-likeness (QED) is 0.657. The summed E-state index contributed by atoms with van der Waals surface area (Å²) in [6, 6.07) is 2.36. The second kappa shape index (κ2) is 5.62. The molecule has 0 spiro atoms. The van der Waals surface area contributed by atoms with E-state index in [1.165, 1.54) is 12.8 Å². The van der Waals surface area contributed by atoms with Gasteiger partial charge in [-0.3, -0.25) is 0 Å². The highest BCUT2D eigenvalue weighted by molar-refractivity contribution is 8.23. The molecule has 0 aliphatic heterocycles. The van der Waals surface area contributed by atoms with E-state index in [0.29, 0.717) is 5.92 Å². The van der Waals surface area contributed by atoms with Crippen LogP contribution in [0.1, 0.15) is 32.6 Å². The van der Waals surface area contributed by atoms with Gasteiger partial charge in [0, 0.05) is 15.9 Å². The topological polar surface area (TPSA) is 23.8 Å². The average molecular weight is 213 g/mol. The van der Waals surface area contributed by atoms with Crippen molar-refractivity contribution < 1.29 is 0 Å². The third-order valence-electron chi connectivity index (χ3n) is 2.55. The Morgan fingerprint density at radius 3 is 2.54 bits per heavy atom. The molecule has 0 bridgehead atoms. The van der Waals surface area contributed by atoms with Crippen LogP contribution in [0.5, 0.6) is 0 Å². The summed E-state index contributed by atoms with van der Waals surface area (Å²) in [5.41, 5.74) is 0. The van der Waals surface area contributed by atoms with E-state index in [1.54, 1.807) is 11.8 Å². The molecule has 0 aromatic carbocycles. The summed E-state index contributed by atoms with van der Waals surface area (Å²) in [7, 11) is 0. The molecule has 72 valence electrons. The molecule has 1 aliphatic rings. The smallest absolute Gasteiger partial charge is 0.0655 e.